The van der Waals surface area contributed by atoms with Gasteiger partial charge in [-0.2, -0.15) is 4.39 Å². The van der Waals surface area contributed by atoms with E-state index < -0.39 is 29.3 Å². The Morgan fingerprint density at radius 1 is 1.50 bits per heavy atom. The fourth-order valence-corrected chi connectivity index (χ4v) is 2.36. The summed E-state index contributed by atoms with van der Waals surface area (Å²) in [5.41, 5.74) is -2.26. The molecule has 22 heavy (non-hydrogen) atoms. The van der Waals surface area contributed by atoms with Gasteiger partial charge in [0.25, 0.3) is 0 Å². The first-order valence-electron chi connectivity index (χ1n) is 7.13. The number of carbonyl (C=O) groups excluding carboxylic acids is 1. The highest BCUT2D eigenvalue weighted by Crippen LogP contribution is 2.32. The largest absolute Gasteiger partial charge is 0.444 e. The fraction of sp³-hybridized carbons (Fsp3) is 0.600. The maximum Gasteiger partial charge on any atom is 0.410 e. The van der Waals surface area contributed by atoms with Gasteiger partial charge in [-0.1, -0.05) is 6.07 Å². The lowest BCUT2D eigenvalue weighted by atomic mass is 9.85. The first kappa shape index (κ1) is 16.6. The van der Waals surface area contributed by atoms with Gasteiger partial charge in [0, 0.05) is 13.0 Å². The Labute approximate surface area is 128 Å². The fourth-order valence-electron chi connectivity index (χ4n) is 2.36. The number of halogens is 1. The van der Waals surface area contributed by atoms with E-state index in [2.05, 4.69) is 4.98 Å². The molecule has 1 aromatic heterocycles. The minimum Gasteiger partial charge on any atom is -0.444 e. The number of aliphatic hydroxyl groups excluding tert-OH is 1. The molecule has 1 saturated heterocycles. The number of likely N-dealkylation sites (tertiary alicyclic amines) is 1. The average molecular weight is 312 g/mol. The van der Waals surface area contributed by atoms with E-state index in [1.165, 1.54) is 17.0 Å². The molecule has 1 amide bonds. The van der Waals surface area contributed by atoms with Crippen molar-refractivity contribution in [3.8, 4) is 0 Å². The van der Waals surface area contributed by atoms with E-state index in [9.17, 15) is 19.4 Å². The summed E-state index contributed by atoms with van der Waals surface area (Å²) in [6, 6.07) is 4.03. The number of aromatic nitrogens is 1. The van der Waals surface area contributed by atoms with Crippen LogP contribution in [0.5, 0.6) is 0 Å². The Balaban J connectivity index is 2.11. The second-order valence-electron chi connectivity index (χ2n) is 6.46. The van der Waals surface area contributed by atoms with Gasteiger partial charge < -0.3 is 19.8 Å². The van der Waals surface area contributed by atoms with Crippen LogP contribution in [0.4, 0.5) is 9.18 Å². The van der Waals surface area contributed by atoms with Gasteiger partial charge in [0.15, 0.2) is 0 Å². The van der Waals surface area contributed by atoms with E-state index in [-0.39, 0.29) is 25.2 Å². The highest BCUT2D eigenvalue weighted by Gasteiger charge is 2.45. The SMILES string of the molecule is CC(C)(C)OC(=O)N1CC[C@](O)(c2cccc(F)n2)[C@@H](O)C1. The van der Waals surface area contributed by atoms with Crippen LogP contribution >= 0.6 is 0 Å². The van der Waals surface area contributed by atoms with Crippen molar-refractivity contribution >= 4 is 6.09 Å². The lowest BCUT2D eigenvalue weighted by Gasteiger charge is -2.41. The summed E-state index contributed by atoms with van der Waals surface area (Å²) in [5.74, 6) is -0.729. The average Bonchev–Trinajstić information content (AvgIpc) is 2.40. The van der Waals surface area contributed by atoms with Gasteiger partial charge in [0.05, 0.1) is 12.2 Å². The molecule has 0 bridgehead atoms. The smallest absolute Gasteiger partial charge is 0.410 e. The maximum atomic E-state index is 13.2. The van der Waals surface area contributed by atoms with Crippen molar-refractivity contribution in [2.45, 2.75) is 44.5 Å². The molecule has 1 aromatic rings. The Hall–Kier alpha value is -1.73. The molecular formula is C15H21FN2O4. The molecule has 1 aliphatic rings. The monoisotopic (exact) mass is 312 g/mol. The van der Waals surface area contributed by atoms with Crippen LogP contribution in [-0.4, -0.2) is 51.0 Å². The molecule has 6 nitrogen and oxygen atoms in total. The number of hydrogen-bond acceptors (Lipinski definition) is 5. The molecule has 0 radical (unpaired) electrons. The predicted octanol–water partition coefficient (Wildman–Crippen LogP) is 1.41. The lowest BCUT2D eigenvalue weighted by Crippen LogP contribution is -2.56. The van der Waals surface area contributed by atoms with Gasteiger partial charge in [-0.3, -0.25) is 0 Å². The highest BCUT2D eigenvalue weighted by molar-refractivity contribution is 5.68. The van der Waals surface area contributed by atoms with Crippen LogP contribution in [0, 0.1) is 5.95 Å². The van der Waals surface area contributed by atoms with Crippen LogP contribution in [0.25, 0.3) is 0 Å². The summed E-state index contributed by atoms with van der Waals surface area (Å²) in [7, 11) is 0. The van der Waals surface area contributed by atoms with Gasteiger partial charge >= 0.3 is 6.09 Å². The zero-order valence-corrected chi connectivity index (χ0v) is 12.9. The molecule has 0 unspecified atom stereocenters. The van der Waals surface area contributed by atoms with Crippen molar-refractivity contribution in [2.75, 3.05) is 13.1 Å². The molecule has 122 valence electrons. The standard InChI is InChI=1S/C15H21FN2O4/c1-14(2,3)22-13(20)18-8-7-15(21,11(19)9-18)10-5-4-6-12(16)17-10/h4-6,11,19,21H,7-9H2,1-3H3/t11-,15-/m0/s1. The number of ether oxygens (including phenoxy) is 1. The van der Waals surface area contributed by atoms with Gasteiger partial charge in [-0.05, 0) is 32.9 Å². The van der Waals surface area contributed by atoms with Gasteiger partial charge in [-0.25, -0.2) is 9.78 Å². The quantitative estimate of drug-likeness (QED) is 0.766. The third-order valence-corrected chi connectivity index (χ3v) is 3.52. The Bertz CT molecular complexity index is 561. The van der Waals surface area contributed by atoms with E-state index in [4.69, 9.17) is 4.74 Å². The van der Waals surface area contributed by atoms with Crippen molar-refractivity contribution in [2.24, 2.45) is 0 Å². The summed E-state index contributed by atoms with van der Waals surface area (Å²) < 4.78 is 18.5. The Morgan fingerprint density at radius 3 is 2.73 bits per heavy atom. The van der Waals surface area contributed by atoms with E-state index in [1.807, 2.05) is 0 Å². The Morgan fingerprint density at radius 2 is 2.18 bits per heavy atom. The van der Waals surface area contributed by atoms with E-state index >= 15 is 0 Å². The number of piperidine rings is 1. The van der Waals surface area contributed by atoms with Crippen LogP contribution in [0.3, 0.4) is 0 Å². The lowest BCUT2D eigenvalue weighted by molar-refractivity contribution is -0.125. The maximum absolute atomic E-state index is 13.2. The Kier molecular flexibility index (Phi) is 4.39. The zero-order valence-electron chi connectivity index (χ0n) is 12.9. The first-order chi connectivity index (χ1) is 10.1. The summed E-state index contributed by atoms with van der Waals surface area (Å²) in [6.07, 6.45) is -1.78. The van der Waals surface area contributed by atoms with Crippen molar-refractivity contribution in [3.05, 3.63) is 29.8 Å². The molecule has 1 aliphatic heterocycles. The second-order valence-corrected chi connectivity index (χ2v) is 6.46. The highest BCUT2D eigenvalue weighted by atomic mass is 19.1. The number of carbonyl (C=O) groups is 1. The van der Waals surface area contributed by atoms with Crippen molar-refractivity contribution in [3.63, 3.8) is 0 Å². The number of β-amino-alcohol motifs (C(OH)–C–C–N with tert-alkyl or cyclic N) is 1. The third-order valence-electron chi connectivity index (χ3n) is 3.52. The molecular weight excluding hydrogens is 291 g/mol. The summed E-state index contributed by atoms with van der Waals surface area (Å²) >= 11 is 0. The van der Waals surface area contributed by atoms with Gasteiger partial charge in [0.1, 0.15) is 17.3 Å². The van der Waals surface area contributed by atoms with Crippen LogP contribution < -0.4 is 0 Å². The molecule has 0 saturated carbocycles. The normalized spacial score (nSPS) is 25.9. The number of rotatable bonds is 1. The van der Waals surface area contributed by atoms with Gasteiger partial charge in [0.2, 0.25) is 5.95 Å². The van der Waals surface area contributed by atoms with Gasteiger partial charge in [-0.15, -0.1) is 0 Å². The topological polar surface area (TPSA) is 82.9 Å². The van der Waals surface area contributed by atoms with E-state index in [1.54, 1.807) is 20.8 Å². The molecule has 2 heterocycles. The van der Waals surface area contributed by atoms with Crippen LogP contribution in [0.15, 0.2) is 18.2 Å². The second kappa shape index (κ2) is 5.81. The molecule has 2 atom stereocenters. The number of hydrogen-bond donors (Lipinski definition) is 2. The van der Waals surface area contributed by atoms with Crippen molar-refractivity contribution < 1.29 is 24.1 Å². The number of amides is 1. The van der Waals surface area contributed by atoms with Crippen molar-refractivity contribution in [1.82, 2.24) is 9.88 Å². The number of pyridine rings is 1. The van der Waals surface area contributed by atoms with Crippen LogP contribution in [-0.2, 0) is 10.3 Å². The minimum absolute atomic E-state index is 0.0455. The van der Waals surface area contributed by atoms with E-state index in [0.29, 0.717) is 0 Å². The molecule has 0 aliphatic carbocycles. The summed E-state index contributed by atoms with van der Waals surface area (Å²) in [5, 5.41) is 20.8. The van der Waals surface area contributed by atoms with Crippen molar-refractivity contribution in [1.29, 1.82) is 0 Å². The molecule has 0 spiro atoms. The minimum atomic E-state index is -1.68. The molecule has 2 N–H and O–H groups in total. The molecule has 0 aromatic carbocycles. The summed E-state index contributed by atoms with van der Waals surface area (Å²) in [4.78, 5) is 17.0. The van der Waals surface area contributed by atoms with Crippen LogP contribution in [0.1, 0.15) is 32.9 Å². The first-order valence-corrected chi connectivity index (χ1v) is 7.13. The molecule has 2 rings (SSSR count). The predicted molar refractivity (Wildman–Crippen MR) is 76.5 cm³/mol. The van der Waals surface area contributed by atoms with Crippen LogP contribution in [0.2, 0.25) is 0 Å². The molecule has 1 fully saturated rings. The van der Waals surface area contributed by atoms with E-state index in [0.717, 1.165) is 6.07 Å². The number of nitrogens with zero attached hydrogens (tertiary/aromatic N) is 2. The zero-order chi connectivity index (χ0) is 16.5. The number of aliphatic hydroxyl groups is 2. The summed E-state index contributed by atoms with van der Waals surface area (Å²) in [6.45, 7) is 5.32. The third kappa shape index (κ3) is 3.53. The molecule has 7 heteroatoms.